The van der Waals surface area contributed by atoms with Gasteiger partial charge in [0.05, 0.1) is 13.7 Å². The summed E-state index contributed by atoms with van der Waals surface area (Å²) in [5, 5.41) is 0. The smallest absolute Gasteiger partial charge is 0.339 e. The molecule has 1 heterocycles. The largest absolute Gasteiger partial charge is 0.467 e. The summed E-state index contributed by atoms with van der Waals surface area (Å²) >= 11 is 0. The highest BCUT2D eigenvalue weighted by Crippen LogP contribution is 2.30. The second-order valence-electron chi connectivity index (χ2n) is 5.63. The minimum absolute atomic E-state index is 0.629. The van der Waals surface area contributed by atoms with Crippen LogP contribution in [0.25, 0.3) is 4.85 Å². The van der Waals surface area contributed by atoms with Crippen LogP contribution in [0, 0.1) is 6.57 Å². The molecule has 1 aliphatic heterocycles. The Hall–Kier alpha value is -3.46. The number of methoxy groups -OCH3 is 1. The summed E-state index contributed by atoms with van der Waals surface area (Å²) in [4.78, 5) is 61.5. The van der Waals surface area contributed by atoms with E-state index in [1.54, 1.807) is 0 Å². The molecule has 0 amide bonds. The lowest BCUT2D eigenvalue weighted by Gasteiger charge is -2.42. The van der Waals surface area contributed by atoms with Crippen molar-refractivity contribution in [3.63, 3.8) is 0 Å². The van der Waals surface area contributed by atoms with Crippen LogP contribution >= 0.6 is 0 Å². The van der Waals surface area contributed by atoms with Crippen molar-refractivity contribution in [2.45, 2.75) is 51.5 Å². The minimum atomic E-state index is -1.81. The van der Waals surface area contributed by atoms with E-state index in [-0.39, 0.29) is 0 Å². The van der Waals surface area contributed by atoms with E-state index in [1.807, 2.05) is 0 Å². The Morgan fingerprint density at radius 3 is 1.79 bits per heavy atom. The Morgan fingerprint density at radius 2 is 1.34 bits per heavy atom. The van der Waals surface area contributed by atoms with Crippen LogP contribution in [-0.2, 0) is 52.4 Å². The van der Waals surface area contributed by atoms with Gasteiger partial charge < -0.3 is 28.4 Å². The van der Waals surface area contributed by atoms with Gasteiger partial charge in [0, 0.05) is 20.8 Å². The number of nitrogens with zero attached hydrogens (tertiary/aromatic N) is 1. The molecule has 1 aliphatic rings. The van der Waals surface area contributed by atoms with E-state index in [4.69, 9.17) is 30.3 Å². The van der Waals surface area contributed by atoms with Gasteiger partial charge in [0.15, 0.2) is 18.3 Å². The maximum atomic E-state index is 12.1. The molecular weight excluding hydrogens is 394 g/mol. The number of esters is 5. The number of rotatable bonds is 6. The normalized spacial score (nSPS) is 25.6. The first-order valence-corrected chi connectivity index (χ1v) is 8.04. The SMILES string of the molecule is [C-]#[N+]C(=C)C(=O)OC1OC(C(=O)OC)C(OC(C)=O)C(OC(C)=O)C1OC(C)=O. The van der Waals surface area contributed by atoms with Crippen LogP contribution in [0.5, 0.6) is 0 Å². The van der Waals surface area contributed by atoms with E-state index < -0.39 is 66.2 Å². The fraction of sp³-hybridized carbons (Fsp3) is 0.529. The highest BCUT2D eigenvalue weighted by atomic mass is 16.7. The minimum Gasteiger partial charge on any atom is -0.467 e. The first kappa shape index (κ1) is 23.6. The number of carbonyl (C=O) groups excluding carboxylic acids is 5. The summed E-state index contributed by atoms with van der Waals surface area (Å²) in [6.07, 6.45) is -8.35. The third-order valence-electron chi connectivity index (χ3n) is 3.43. The van der Waals surface area contributed by atoms with Gasteiger partial charge in [-0.3, -0.25) is 19.2 Å². The molecule has 5 atom stereocenters. The highest BCUT2D eigenvalue weighted by molar-refractivity contribution is 5.89. The Balaban J connectivity index is 3.44. The van der Waals surface area contributed by atoms with Gasteiger partial charge in [0.1, 0.15) is 0 Å². The summed E-state index contributed by atoms with van der Waals surface area (Å²) in [5.41, 5.74) is -0.629. The van der Waals surface area contributed by atoms with Crippen molar-refractivity contribution in [3.8, 4) is 0 Å². The molecule has 0 aromatic carbocycles. The number of carbonyl (C=O) groups is 5. The molecule has 1 saturated heterocycles. The molecule has 0 saturated carbocycles. The van der Waals surface area contributed by atoms with E-state index in [1.165, 1.54) is 0 Å². The zero-order valence-corrected chi connectivity index (χ0v) is 16.0. The Bertz CT molecular complexity index is 753. The lowest BCUT2D eigenvalue weighted by Crippen LogP contribution is -2.64. The maximum Gasteiger partial charge on any atom is 0.339 e. The Kier molecular flexibility index (Phi) is 8.28. The summed E-state index contributed by atoms with van der Waals surface area (Å²) in [7, 11) is 1.01. The number of ether oxygens (including phenoxy) is 6. The van der Waals surface area contributed by atoms with Gasteiger partial charge in [-0.1, -0.05) is 6.58 Å². The zero-order chi connectivity index (χ0) is 22.3. The molecule has 0 aromatic rings. The van der Waals surface area contributed by atoms with Crippen molar-refractivity contribution < 1.29 is 52.4 Å². The second-order valence-corrected chi connectivity index (χ2v) is 5.63. The monoisotopic (exact) mass is 413 g/mol. The van der Waals surface area contributed by atoms with Gasteiger partial charge in [0.2, 0.25) is 12.4 Å². The van der Waals surface area contributed by atoms with Gasteiger partial charge in [-0.25, -0.2) is 9.64 Å². The van der Waals surface area contributed by atoms with Gasteiger partial charge >= 0.3 is 29.8 Å². The molecule has 5 unspecified atom stereocenters. The standard InChI is InChI=1S/C17H19NO11/c1-7(18-5)15(22)29-17-14(27-10(4)21)12(26-9(3)20)11(25-8(2)19)13(28-17)16(23)24-6/h11-14,17H,1H2,2-4,6H3. The Labute approximate surface area is 165 Å². The number of hydrogen-bond acceptors (Lipinski definition) is 11. The van der Waals surface area contributed by atoms with E-state index in [0.29, 0.717) is 0 Å². The average Bonchev–Trinajstić information content (AvgIpc) is 2.63. The molecule has 1 rings (SSSR count). The van der Waals surface area contributed by atoms with E-state index >= 15 is 0 Å². The van der Waals surface area contributed by atoms with Crippen LogP contribution in [0.4, 0.5) is 0 Å². The predicted octanol–water partition coefficient (Wildman–Crippen LogP) is -0.344. The van der Waals surface area contributed by atoms with Crippen molar-refractivity contribution >= 4 is 29.8 Å². The summed E-state index contributed by atoms with van der Waals surface area (Å²) in [6, 6.07) is 0. The van der Waals surface area contributed by atoms with Crippen LogP contribution in [0.3, 0.4) is 0 Å². The maximum absolute atomic E-state index is 12.1. The second kappa shape index (κ2) is 10.2. The van der Waals surface area contributed by atoms with Crippen LogP contribution in [0.2, 0.25) is 0 Å². The third kappa shape index (κ3) is 6.28. The number of hydrogen-bond donors (Lipinski definition) is 0. The molecule has 158 valence electrons. The fourth-order valence-electron chi connectivity index (χ4n) is 2.39. The van der Waals surface area contributed by atoms with Crippen molar-refractivity contribution in [3.05, 3.63) is 23.7 Å². The molecule has 1 fully saturated rings. The molecule has 0 spiro atoms. The van der Waals surface area contributed by atoms with Crippen molar-refractivity contribution in [1.82, 2.24) is 0 Å². The molecule has 0 aliphatic carbocycles. The van der Waals surface area contributed by atoms with Crippen LogP contribution in [-0.4, -0.2) is 67.7 Å². The van der Waals surface area contributed by atoms with Gasteiger partial charge in [-0.15, -0.1) is 0 Å². The van der Waals surface area contributed by atoms with Gasteiger partial charge in [0.25, 0.3) is 5.70 Å². The first-order chi connectivity index (χ1) is 13.5. The average molecular weight is 413 g/mol. The molecule has 0 bridgehead atoms. The lowest BCUT2D eigenvalue weighted by molar-refractivity contribution is -0.293. The molecular formula is C17H19NO11. The zero-order valence-electron chi connectivity index (χ0n) is 16.0. The van der Waals surface area contributed by atoms with Gasteiger partial charge in [-0.2, -0.15) is 0 Å². The quantitative estimate of drug-likeness (QED) is 0.244. The molecule has 12 nitrogen and oxygen atoms in total. The van der Waals surface area contributed by atoms with E-state index in [0.717, 1.165) is 27.9 Å². The molecule has 0 N–H and O–H groups in total. The third-order valence-corrected chi connectivity index (χ3v) is 3.43. The topological polar surface area (TPSA) is 145 Å². The molecule has 0 aromatic heterocycles. The Morgan fingerprint density at radius 1 is 0.862 bits per heavy atom. The fourth-order valence-corrected chi connectivity index (χ4v) is 2.39. The van der Waals surface area contributed by atoms with Crippen LogP contribution in [0.15, 0.2) is 12.3 Å². The van der Waals surface area contributed by atoms with Crippen LogP contribution in [0.1, 0.15) is 20.8 Å². The van der Waals surface area contributed by atoms with E-state index in [2.05, 4.69) is 16.2 Å². The van der Waals surface area contributed by atoms with Crippen molar-refractivity contribution in [1.29, 1.82) is 0 Å². The predicted molar refractivity (Wildman–Crippen MR) is 89.2 cm³/mol. The van der Waals surface area contributed by atoms with Crippen molar-refractivity contribution in [2.24, 2.45) is 0 Å². The lowest BCUT2D eigenvalue weighted by atomic mass is 9.97. The summed E-state index contributed by atoms with van der Waals surface area (Å²) in [6.45, 7) is 13.0. The molecule has 12 heteroatoms. The first-order valence-electron chi connectivity index (χ1n) is 8.04. The highest BCUT2D eigenvalue weighted by Gasteiger charge is 2.56. The summed E-state index contributed by atoms with van der Waals surface area (Å²) < 4.78 is 30.0. The van der Waals surface area contributed by atoms with E-state index in [9.17, 15) is 24.0 Å². The van der Waals surface area contributed by atoms with Gasteiger partial charge in [-0.05, 0) is 0 Å². The van der Waals surface area contributed by atoms with Crippen molar-refractivity contribution in [2.75, 3.05) is 7.11 Å². The molecule has 29 heavy (non-hydrogen) atoms. The summed E-state index contributed by atoms with van der Waals surface area (Å²) in [5.74, 6) is -4.94. The van der Waals surface area contributed by atoms with Crippen LogP contribution < -0.4 is 0 Å². The molecule has 0 radical (unpaired) electrons.